The lowest BCUT2D eigenvalue weighted by Crippen LogP contribution is -2.44. The molecule has 1 heterocycles. The summed E-state index contributed by atoms with van der Waals surface area (Å²) in [5, 5.41) is 1.29. The molecule has 0 radical (unpaired) electrons. The first kappa shape index (κ1) is 25.5. The number of hydrazine groups is 1. The van der Waals surface area contributed by atoms with Crippen molar-refractivity contribution in [3.63, 3.8) is 0 Å². The Morgan fingerprint density at radius 2 is 1.94 bits per heavy atom. The van der Waals surface area contributed by atoms with Crippen LogP contribution >= 0.6 is 35.6 Å². The Labute approximate surface area is 211 Å². The van der Waals surface area contributed by atoms with Gasteiger partial charge in [-0.1, -0.05) is 35.5 Å². The van der Waals surface area contributed by atoms with Gasteiger partial charge in [0.05, 0.1) is 29.2 Å². The molecule has 8 nitrogen and oxygen atoms in total. The van der Waals surface area contributed by atoms with Crippen LogP contribution < -0.4 is 14.9 Å². The summed E-state index contributed by atoms with van der Waals surface area (Å²) in [6, 6.07) is 10.00. The van der Waals surface area contributed by atoms with Gasteiger partial charge in [0.1, 0.15) is 0 Å². The summed E-state index contributed by atoms with van der Waals surface area (Å²) in [4.78, 5) is 37.2. The molecule has 0 bridgehead atoms. The largest absolute Gasteiger partial charge is 0.490 e. The lowest BCUT2D eigenvalue weighted by atomic mass is 10.1. The van der Waals surface area contributed by atoms with E-state index < -0.39 is 17.8 Å². The fraction of sp³-hybridized carbons (Fsp3) is 0.217. The van der Waals surface area contributed by atoms with Crippen molar-refractivity contribution in [3.8, 4) is 11.5 Å². The van der Waals surface area contributed by atoms with E-state index in [0.29, 0.717) is 28.6 Å². The van der Waals surface area contributed by atoms with Gasteiger partial charge < -0.3 is 14.2 Å². The molecule has 1 aliphatic heterocycles. The van der Waals surface area contributed by atoms with Gasteiger partial charge in [-0.15, -0.1) is 0 Å². The highest BCUT2D eigenvalue weighted by molar-refractivity contribution is 8.26. The Hall–Kier alpha value is -3.08. The van der Waals surface area contributed by atoms with E-state index in [1.807, 2.05) is 13.8 Å². The molecule has 0 aromatic heterocycles. The number of hydrogen-bond acceptors (Lipinski definition) is 8. The van der Waals surface area contributed by atoms with Crippen molar-refractivity contribution < 1.29 is 28.6 Å². The molecule has 0 aliphatic carbocycles. The topological polar surface area (TPSA) is 94.2 Å². The van der Waals surface area contributed by atoms with Gasteiger partial charge in [-0.25, -0.2) is 4.79 Å². The lowest BCUT2D eigenvalue weighted by molar-refractivity contribution is -0.142. The SMILES string of the molecule is CCOc1cc(/C=C2/SC(=S)N(NC(=O)c3ccc(C)cc3Cl)C2=O)ccc1OCC(=O)OC. The first-order valence-electron chi connectivity index (χ1n) is 10.0. The van der Waals surface area contributed by atoms with Crippen molar-refractivity contribution >= 4 is 63.8 Å². The summed E-state index contributed by atoms with van der Waals surface area (Å²) in [5.41, 5.74) is 4.29. The smallest absolute Gasteiger partial charge is 0.343 e. The van der Waals surface area contributed by atoms with Crippen molar-refractivity contribution in [1.82, 2.24) is 10.4 Å². The van der Waals surface area contributed by atoms with Crippen LogP contribution in [0.25, 0.3) is 6.08 Å². The number of rotatable bonds is 8. The summed E-state index contributed by atoms with van der Waals surface area (Å²) in [7, 11) is 1.27. The summed E-state index contributed by atoms with van der Waals surface area (Å²) >= 11 is 12.5. The first-order valence-corrected chi connectivity index (χ1v) is 11.6. The maximum absolute atomic E-state index is 12.9. The second-order valence-electron chi connectivity index (χ2n) is 6.95. The minimum absolute atomic E-state index is 0.177. The van der Waals surface area contributed by atoms with E-state index in [-0.39, 0.29) is 21.5 Å². The highest BCUT2D eigenvalue weighted by Crippen LogP contribution is 2.34. The van der Waals surface area contributed by atoms with Crippen LogP contribution in [0.3, 0.4) is 0 Å². The van der Waals surface area contributed by atoms with E-state index >= 15 is 0 Å². The predicted octanol–water partition coefficient (Wildman–Crippen LogP) is 4.15. The minimum Gasteiger partial charge on any atom is -0.490 e. The number of carbonyl (C=O) groups is 3. The van der Waals surface area contributed by atoms with E-state index in [9.17, 15) is 14.4 Å². The number of esters is 1. The predicted molar refractivity (Wildman–Crippen MR) is 134 cm³/mol. The number of thiocarbonyl (C=S) groups is 1. The number of carbonyl (C=O) groups excluding carboxylic acids is 3. The van der Waals surface area contributed by atoms with Crippen LogP contribution in [0, 0.1) is 6.92 Å². The number of methoxy groups -OCH3 is 1. The second kappa shape index (κ2) is 11.4. The number of hydrogen-bond donors (Lipinski definition) is 1. The number of nitrogens with one attached hydrogen (secondary N) is 1. The molecule has 0 spiro atoms. The van der Waals surface area contributed by atoms with Crippen molar-refractivity contribution in [2.45, 2.75) is 13.8 Å². The van der Waals surface area contributed by atoms with E-state index in [2.05, 4.69) is 10.2 Å². The third-order valence-electron chi connectivity index (χ3n) is 4.51. The third-order valence-corrected chi connectivity index (χ3v) is 6.13. The molecule has 0 saturated carbocycles. The van der Waals surface area contributed by atoms with Gasteiger partial charge in [0.2, 0.25) is 0 Å². The number of amides is 2. The molecule has 1 N–H and O–H groups in total. The van der Waals surface area contributed by atoms with Gasteiger partial charge in [-0.2, -0.15) is 5.01 Å². The molecule has 1 aliphatic rings. The van der Waals surface area contributed by atoms with Gasteiger partial charge >= 0.3 is 5.97 Å². The number of nitrogens with zero attached hydrogens (tertiary/aromatic N) is 1. The van der Waals surface area contributed by atoms with E-state index in [1.54, 1.807) is 42.5 Å². The van der Waals surface area contributed by atoms with Crippen molar-refractivity contribution in [2.75, 3.05) is 20.3 Å². The first-order chi connectivity index (χ1) is 16.2. The minimum atomic E-state index is -0.548. The van der Waals surface area contributed by atoms with E-state index in [0.717, 1.165) is 22.3 Å². The number of benzene rings is 2. The molecule has 1 fully saturated rings. The third kappa shape index (κ3) is 6.07. The molecule has 0 atom stereocenters. The molecule has 34 heavy (non-hydrogen) atoms. The number of ether oxygens (including phenoxy) is 3. The van der Waals surface area contributed by atoms with Crippen LogP contribution in [0.2, 0.25) is 5.02 Å². The van der Waals surface area contributed by atoms with E-state index in [1.165, 1.54) is 7.11 Å². The van der Waals surface area contributed by atoms with Gasteiger partial charge in [0.25, 0.3) is 11.8 Å². The zero-order valence-electron chi connectivity index (χ0n) is 18.5. The molecule has 178 valence electrons. The zero-order chi connectivity index (χ0) is 24.8. The van der Waals surface area contributed by atoms with Crippen molar-refractivity contribution in [1.29, 1.82) is 0 Å². The summed E-state index contributed by atoms with van der Waals surface area (Å²) < 4.78 is 15.8. The Balaban J connectivity index is 1.77. The summed E-state index contributed by atoms with van der Waals surface area (Å²) in [6.07, 6.45) is 1.62. The molecule has 0 unspecified atom stereocenters. The number of thioether (sulfide) groups is 1. The second-order valence-corrected chi connectivity index (χ2v) is 9.03. The molecule has 2 aromatic carbocycles. The molecule has 1 saturated heterocycles. The lowest BCUT2D eigenvalue weighted by Gasteiger charge is -2.16. The van der Waals surface area contributed by atoms with Crippen LogP contribution in [0.1, 0.15) is 28.4 Å². The fourth-order valence-electron chi connectivity index (χ4n) is 2.88. The van der Waals surface area contributed by atoms with Gasteiger partial charge in [-0.05, 0) is 67.5 Å². The molecule has 3 rings (SSSR count). The quantitative estimate of drug-likeness (QED) is 0.315. The number of halogens is 1. The van der Waals surface area contributed by atoms with Crippen LogP contribution in [0.5, 0.6) is 11.5 Å². The van der Waals surface area contributed by atoms with Crippen molar-refractivity contribution in [2.24, 2.45) is 0 Å². The Morgan fingerprint density at radius 3 is 2.62 bits per heavy atom. The van der Waals surface area contributed by atoms with Crippen LogP contribution in [-0.4, -0.2) is 47.4 Å². The van der Waals surface area contributed by atoms with E-state index in [4.69, 9.17) is 33.3 Å². The number of aryl methyl sites for hydroxylation is 1. The van der Waals surface area contributed by atoms with Gasteiger partial charge in [0, 0.05) is 0 Å². The fourth-order valence-corrected chi connectivity index (χ4v) is 4.38. The van der Waals surface area contributed by atoms with Crippen LogP contribution in [0.4, 0.5) is 0 Å². The normalized spacial score (nSPS) is 14.4. The van der Waals surface area contributed by atoms with Gasteiger partial charge in [0.15, 0.2) is 22.4 Å². The monoisotopic (exact) mass is 520 g/mol. The summed E-state index contributed by atoms with van der Waals surface area (Å²) in [6.45, 7) is 3.77. The molecule has 2 aromatic rings. The Kier molecular flexibility index (Phi) is 8.54. The standard InChI is InChI=1S/C23H21ClN2O6S2/c1-4-31-18-10-14(6-8-17(18)32-12-20(27)30-3)11-19-22(29)26(23(33)34-19)25-21(28)15-7-5-13(2)9-16(15)24/h5-11H,4,12H2,1-3H3,(H,25,28)/b19-11+. The Bertz CT molecular complexity index is 1180. The zero-order valence-corrected chi connectivity index (χ0v) is 20.9. The maximum Gasteiger partial charge on any atom is 0.343 e. The van der Waals surface area contributed by atoms with Crippen molar-refractivity contribution in [3.05, 3.63) is 63.0 Å². The highest BCUT2D eigenvalue weighted by atomic mass is 35.5. The molecular formula is C23H21ClN2O6S2. The summed E-state index contributed by atoms with van der Waals surface area (Å²) in [5.74, 6) is -0.787. The van der Waals surface area contributed by atoms with Crippen LogP contribution in [0.15, 0.2) is 41.3 Å². The van der Waals surface area contributed by atoms with Gasteiger partial charge in [-0.3, -0.25) is 15.0 Å². The van der Waals surface area contributed by atoms with Crippen LogP contribution in [-0.2, 0) is 14.3 Å². The molecular weight excluding hydrogens is 500 g/mol. The highest BCUT2D eigenvalue weighted by Gasteiger charge is 2.34. The molecule has 11 heteroatoms. The maximum atomic E-state index is 12.9. The average Bonchev–Trinajstić information content (AvgIpc) is 3.05. The Morgan fingerprint density at radius 1 is 1.18 bits per heavy atom. The molecule has 2 amide bonds. The average molecular weight is 521 g/mol.